The summed E-state index contributed by atoms with van der Waals surface area (Å²) in [6.07, 6.45) is 0. The quantitative estimate of drug-likeness (QED) is 0.777. The van der Waals surface area contributed by atoms with E-state index >= 15 is 0 Å². The fourth-order valence-corrected chi connectivity index (χ4v) is 2.61. The van der Waals surface area contributed by atoms with Gasteiger partial charge in [-0.1, -0.05) is 12.1 Å². The molecule has 0 bridgehead atoms. The Morgan fingerprint density at radius 2 is 1.96 bits per heavy atom. The molecule has 3 rings (SSSR count). The third-order valence-corrected chi connectivity index (χ3v) is 4.18. The molecular formula is C17H20N4O2. The maximum atomic E-state index is 12.6. The summed E-state index contributed by atoms with van der Waals surface area (Å²) in [4.78, 5) is 16.8. The molecule has 0 unspecified atom stereocenters. The van der Waals surface area contributed by atoms with Crippen LogP contribution in [0.15, 0.2) is 16.5 Å². The highest BCUT2D eigenvalue weighted by Gasteiger charge is 2.22. The Bertz CT molecular complexity index is 892. The molecule has 0 fully saturated rings. The fourth-order valence-electron chi connectivity index (χ4n) is 2.61. The van der Waals surface area contributed by atoms with E-state index in [0.29, 0.717) is 17.4 Å². The Morgan fingerprint density at radius 3 is 2.61 bits per heavy atom. The van der Waals surface area contributed by atoms with Gasteiger partial charge >= 0.3 is 0 Å². The van der Waals surface area contributed by atoms with Gasteiger partial charge in [0.25, 0.3) is 5.91 Å². The lowest BCUT2D eigenvalue weighted by molar-refractivity contribution is 0.0911. The van der Waals surface area contributed by atoms with E-state index in [9.17, 15) is 4.79 Å². The summed E-state index contributed by atoms with van der Waals surface area (Å²) in [7, 11) is 0. The summed E-state index contributed by atoms with van der Waals surface area (Å²) in [5, 5.41) is 10.7. The highest BCUT2D eigenvalue weighted by atomic mass is 16.3. The zero-order chi connectivity index (χ0) is 16.7. The van der Waals surface area contributed by atoms with Gasteiger partial charge in [-0.25, -0.2) is 4.98 Å². The average molecular weight is 312 g/mol. The maximum Gasteiger partial charge on any atom is 0.287 e. The third kappa shape index (κ3) is 2.60. The molecule has 0 aliphatic rings. The standard InChI is InChI=1S/C17H20N4O2/c1-8-6-7-13-10(3)15(23-14(13)9(8)2)17(22)18-11(4)16-19-12(5)20-21-16/h6-7,11H,1-5H3,(H,18,22)(H,19,20,21)/t11-/m0/s1. The molecule has 1 aromatic carbocycles. The third-order valence-electron chi connectivity index (χ3n) is 4.18. The van der Waals surface area contributed by atoms with E-state index in [4.69, 9.17) is 4.42 Å². The highest BCUT2D eigenvalue weighted by Crippen LogP contribution is 2.29. The zero-order valence-corrected chi connectivity index (χ0v) is 13.9. The van der Waals surface area contributed by atoms with E-state index in [1.807, 2.05) is 46.8 Å². The van der Waals surface area contributed by atoms with Crippen LogP contribution in [0.1, 0.15) is 51.9 Å². The van der Waals surface area contributed by atoms with Gasteiger partial charge in [0.05, 0.1) is 6.04 Å². The second kappa shape index (κ2) is 5.53. The number of amides is 1. The second-order valence-electron chi connectivity index (χ2n) is 5.91. The summed E-state index contributed by atoms with van der Waals surface area (Å²) in [6, 6.07) is 3.74. The lowest BCUT2D eigenvalue weighted by Gasteiger charge is -2.09. The summed E-state index contributed by atoms with van der Waals surface area (Å²) in [5.41, 5.74) is 3.82. The van der Waals surface area contributed by atoms with Crippen LogP contribution < -0.4 is 5.32 Å². The van der Waals surface area contributed by atoms with Crippen LogP contribution in [0.4, 0.5) is 0 Å². The summed E-state index contributed by atoms with van der Waals surface area (Å²) < 4.78 is 5.85. The molecule has 0 saturated heterocycles. The number of rotatable bonds is 3. The first kappa shape index (κ1) is 15.3. The van der Waals surface area contributed by atoms with Crippen LogP contribution in [-0.4, -0.2) is 21.1 Å². The van der Waals surface area contributed by atoms with Crippen molar-refractivity contribution in [1.29, 1.82) is 0 Å². The molecular weight excluding hydrogens is 292 g/mol. The van der Waals surface area contributed by atoms with Crippen LogP contribution >= 0.6 is 0 Å². The van der Waals surface area contributed by atoms with Crippen molar-refractivity contribution >= 4 is 16.9 Å². The van der Waals surface area contributed by atoms with Crippen LogP contribution in [-0.2, 0) is 0 Å². The van der Waals surface area contributed by atoms with Crippen molar-refractivity contribution in [1.82, 2.24) is 20.5 Å². The molecule has 2 aromatic heterocycles. The Labute approximate surface area is 134 Å². The first-order valence-electron chi connectivity index (χ1n) is 7.57. The van der Waals surface area contributed by atoms with E-state index in [1.54, 1.807) is 0 Å². The first-order chi connectivity index (χ1) is 10.9. The normalized spacial score (nSPS) is 12.6. The van der Waals surface area contributed by atoms with Crippen molar-refractivity contribution in [2.45, 2.75) is 40.7 Å². The van der Waals surface area contributed by atoms with Crippen LogP contribution in [0.25, 0.3) is 11.0 Å². The van der Waals surface area contributed by atoms with Gasteiger partial charge in [-0.15, -0.1) is 0 Å². The van der Waals surface area contributed by atoms with Gasteiger partial charge in [0, 0.05) is 10.9 Å². The SMILES string of the molecule is Cc1nc([C@H](C)NC(=O)c2oc3c(C)c(C)ccc3c2C)n[nH]1. The van der Waals surface area contributed by atoms with Gasteiger partial charge in [-0.05, 0) is 45.7 Å². The van der Waals surface area contributed by atoms with Gasteiger partial charge in [-0.2, -0.15) is 5.10 Å². The van der Waals surface area contributed by atoms with Gasteiger partial charge in [0.15, 0.2) is 11.6 Å². The number of hydrogen-bond donors (Lipinski definition) is 2. The Balaban J connectivity index is 1.92. The van der Waals surface area contributed by atoms with Crippen molar-refractivity contribution in [3.63, 3.8) is 0 Å². The van der Waals surface area contributed by atoms with Gasteiger partial charge in [0.1, 0.15) is 11.4 Å². The smallest absolute Gasteiger partial charge is 0.287 e. The number of furan rings is 1. The van der Waals surface area contributed by atoms with Crippen molar-refractivity contribution in [2.24, 2.45) is 0 Å². The number of nitrogens with one attached hydrogen (secondary N) is 2. The molecule has 1 atom stereocenters. The monoisotopic (exact) mass is 312 g/mol. The minimum absolute atomic E-state index is 0.259. The molecule has 0 aliphatic heterocycles. The van der Waals surface area contributed by atoms with Gasteiger partial charge in [0.2, 0.25) is 0 Å². The fraction of sp³-hybridized carbons (Fsp3) is 0.353. The van der Waals surface area contributed by atoms with Crippen molar-refractivity contribution in [3.05, 3.63) is 46.2 Å². The predicted octanol–water partition coefficient (Wildman–Crippen LogP) is 3.28. The number of aromatic nitrogens is 3. The predicted molar refractivity (Wildman–Crippen MR) is 87.4 cm³/mol. The van der Waals surface area contributed by atoms with Crippen molar-refractivity contribution in [3.8, 4) is 0 Å². The zero-order valence-electron chi connectivity index (χ0n) is 13.9. The number of benzene rings is 1. The Hall–Kier alpha value is -2.63. The molecule has 0 saturated carbocycles. The van der Waals surface area contributed by atoms with Crippen molar-refractivity contribution < 1.29 is 9.21 Å². The number of carbonyl (C=O) groups is 1. The molecule has 0 radical (unpaired) electrons. The summed E-state index contributed by atoms with van der Waals surface area (Å²) in [6.45, 7) is 9.59. The van der Waals surface area contributed by atoms with Crippen LogP contribution in [0.5, 0.6) is 0 Å². The minimum atomic E-state index is -0.303. The summed E-state index contributed by atoms with van der Waals surface area (Å²) in [5.74, 6) is 1.35. The van der Waals surface area contributed by atoms with E-state index < -0.39 is 0 Å². The molecule has 3 aromatic rings. The highest BCUT2D eigenvalue weighted by molar-refractivity contribution is 5.99. The number of carbonyl (C=O) groups excluding carboxylic acids is 1. The van der Waals surface area contributed by atoms with E-state index in [2.05, 4.69) is 20.5 Å². The molecule has 0 spiro atoms. The van der Waals surface area contributed by atoms with E-state index in [0.717, 1.165) is 27.7 Å². The molecule has 6 heteroatoms. The molecule has 1 amide bonds. The number of hydrogen-bond acceptors (Lipinski definition) is 4. The molecule has 120 valence electrons. The summed E-state index contributed by atoms with van der Waals surface area (Å²) >= 11 is 0. The number of nitrogens with zero attached hydrogens (tertiary/aromatic N) is 2. The molecule has 2 N–H and O–H groups in total. The van der Waals surface area contributed by atoms with Crippen LogP contribution in [0.2, 0.25) is 0 Å². The van der Waals surface area contributed by atoms with Crippen LogP contribution in [0, 0.1) is 27.7 Å². The Kier molecular flexibility index (Phi) is 3.67. The number of fused-ring (bicyclic) bond motifs is 1. The number of aryl methyl sites for hydroxylation is 4. The largest absolute Gasteiger partial charge is 0.450 e. The average Bonchev–Trinajstić information content (AvgIpc) is 3.08. The minimum Gasteiger partial charge on any atom is -0.450 e. The topological polar surface area (TPSA) is 83.8 Å². The number of aromatic amines is 1. The second-order valence-corrected chi connectivity index (χ2v) is 5.91. The van der Waals surface area contributed by atoms with Crippen molar-refractivity contribution in [2.75, 3.05) is 0 Å². The van der Waals surface area contributed by atoms with Gasteiger partial charge < -0.3 is 9.73 Å². The Morgan fingerprint density at radius 1 is 1.22 bits per heavy atom. The van der Waals surface area contributed by atoms with E-state index in [1.165, 1.54) is 0 Å². The maximum absolute atomic E-state index is 12.6. The van der Waals surface area contributed by atoms with Crippen LogP contribution in [0.3, 0.4) is 0 Å². The molecule has 2 heterocycles. The molecule has 0 aliphatic carbocycles. The lowest BCUT2D eigenvalue weighted by Crippen LogP contribution is -2.27. The van der Waals surface area contributed by atoms with E-state index in [-0.39, 0.29) is 11.9 Å². The first-order valence-corrected chi connectivity index (χ1v) is 7.57. The lowest BCUT2D eigenvalue weighted by atomic mass is 10.0. The molecule has 6 nitrogen and oxygen atoms in total. The molecule has 23 heavy (non-hydrogen) atoms. The number of H-pyrrole nitrogens is 1. The van der Waals surface area contributed by atoms with Gasteiger partial charge in [-0.3, -0.25) is 9.89 Å².